The minimum Gasteiger partial charge on any atom is -0.398 e. The fraction of sp³-hybridized carbons (Fsp3) is 0.600. The van der Waals surface area contributed by atoms with Gasteiger partial charge in [0, 0.05) is 18.8 Å². The summed E-state index contributed by atoms with van der Waals surface area (Å²) < 4.78 is 27.5. The Morgan fingerprint density at radius 3 is 2.29 bits per heavy atom. The smallest absolute Gasteiger partial charge is 0.240 e. The monoisotopic (exact) mass is 313 g/mol. The molecule has 6 heteroatoms. The van der Waals surface area contributed by atoms with Crippen LogP contribution in [0.1, 0.15) is 25.0 Å². The number of hydrogen-bond acceptors (Lipinski definition) is 4. The fourth-order valence-corrected chi connectivity index (χ4v) is 3.65. The number of nitrogens with one attached hydrogen (secondary N) is 1. The summed E-state index contributed by atoms with van der Waals surface area (Å²) in [5.74, 6) is 0. The molecule has 0 atom stereocenters. The minimum absolute atomic E-state index is 0.151. The maximum Gasteiger partial charge on any atom is 0.240 e. The molecule has 1 aromatic rings. The largest absolute Gasteiger partial charge is 0.398 e. The number of benzene rings is 1. The Morgan fingerprint density at radius 1 is 1.24 bits per heavy atom. The topological polar surface area (TPSA) is 75.4 Å². The summed E-state index contributed by atoms with van der Waals surface area (Å²) in [6, 6.07) is 3.18. The van der Waals surface area contributed by atoms with Gasteiger partial charge in [-0.05, 0) is 56.6 Å². The van der Waals surface area contributed by atoms with Gasteiger partial charge in [-0.1, -0.05) is 13.8 Å². The van der Waals surface area contributed by atoms with Crippen molar-refractivity contribution >= 4 is 15.7 Å². The summed E-state index contributed by atoms with van der Waals surface area (Å²) >= 11 is 0. The van der Waals surface area contributed by atoms with E-state index in [1.807, 2.05) is 46.7 Å². The van der Waals surface area contributed by atoms with Crippen molar-refractivity contribution in [2.75, 3.05) is 32.9 Å². The van der Waals surface area contributed by atoms with Gasteiger partial charge in [0.15, 0.2) is 0 Å². The number of nitrogen functional groups attached to an aromatic ring is 1. The Balaban J connectivity index is 2.93. The van der Waals surface area contributed by atoms with Crippen molar-refractivity contribution in [3.8, 4) is 0 Å². The van der Waals surface area contributed by atoms with E-state index in [0.29, 0.717) is 12.2 Å². The van der Waals surface area contributed by atoms with E-state index < -0.39 is 10.0 Å². The molecule has 0 heterocycles. The van der Waals surface area contributed by atoms with Gasteiger partial charge in [-0.15, -0.1) is 0 Å². The molecule has 0 bridgehead atoms. The third-order valence-electron chi connectivity index (χ3n) is 3.48. The maximum atomic E-state index is 12.4. The minimum atomic E-state index is -3.54. The lowest BCUT2D eigenvalue weighted by Crippen LogP contribution is -2.40. The highest BCUT2D eigenvalue weighted by atomic mass is 32.2. The first kappa shape index (κ1) is 17.9. The Labute approximate surface area is 128 Å². The van der Waals surface area contributed by atoms with Crippen LogP contribution in [0.4, 0.5) is 5.69 Å². The highest BCUT2D eigenvalue weighted by Gasteiger charge is 2.23. The number of nitrogens with two attached hydrogens (primary N) is 1. The first-order valence-electron chi connectivity index (χ1n) is 6.96. The molecule has 1 rings (SSSR count). The molecule has 0 fully saturated rings. The zero-order valence-corrected chi connectivity index (χ0v) is 14.6. The lowest BCUT2D eigenvalue weighted by molar-refractivity contribution is 0.242. The Bertz CT molecular complexity index is 584. The SMILES string of the molecule is Cc1cc(S(=O)(=O)NCC(C)(C)CN(C)C)cc(N)c1C. The standard InChI is InChI=1S/C15H27N3O2S/c1-11-7-13(8-14(16)12(11)2)21(19,20)17-9-15(3,4)10-18(5)6/h7-8,17H,9-10,16H2,1-6H3. The second-order valence-corrected chi connectivity index (χ2v) is 8.45. The van der Waals surface area contributed by atoms with Crippen LogP contribution in [0, 0.1) is 19.3 Å². The van der Waals surface area contributed by atoms with Gasteiger partial charge < -0.3 is 10.6 Å². The van der Waals surface area contributed by atoms with E-state index in [2.05, 4.69) is 4.72 Å². The van der Waals surface area contributed by atoms with Crippen molar-refractivity contribution in [1.29, 1.82) is 0 Å². The van der Waals surface area contributed by atoms with Crippen molar-refractivity contribution in [3.05, 3.63) is 23.3 Å². The number of hydrogen-bond donors (Lipinski definition) is 2. The molecular weight excluding hydrogens is 286 g/mol. The molecule has 0 radical (unpaired) electrons. The molecule has 1 aromatic carbocycles. The second kappa shape index (κ2) is 6.34. The summed E-state index contributed by atoms with van der Waals surface area (Å²) in [6.45, 7) is 8.98. The maximum absolute atomic E-state index is 12.4. The molecule has 5 nitrogen and oxygen atoms in total. The molecule has 0 aliphatic carbocycles. The van der Waals surface area contributed by atoms with Crippen LogP contribution < -0.4 is 10.5 Å². The van der Waals surface area contributed by atoms with Crippen LogP contribution in [0.3, 0.4) is 0 Å². The van der Waals surface area contributed by atoms with Gasteiger partial charge in [-0.2, -0.15) is 0 Å². The van der Waals surface area contributed by atoms with E-state index in [-0.39, 0.29) is 10.3 Å². The van der Waals surface area contributed by atoms with Gasteiger partial charge in [0.2, 0.25) is 10.0 Å². The fourth-order valence-electron chi connectivity index (χ4n) is 2.29. The molecule has 0 aliphatic rings. The number of aryl methyl sites for hydroxylation is 1. The number of sulfonamides is 1. The molecule has 0 aromatic heterocycles. The van der Waals surface area contributed by atoms with Crippen LogP contribution in [0.2, 0.25) is 0 Å². The second-order valence-electron chi connectivity index (χ2n) is 6.68. The Kier molecular flexibility index (Phi) is 5.41. The molecule has 21 heavy (non-hydrogen) atoms. The van der Waals surface area contributed by atoms with Crippen LogP contribution >= 0.6 is 0 Å². The molecule has 0 amide bonds. The number of rotatable bonds is 6. The van der Waals surface area contributed by atoms with Crippen LogP contribution in [0.25, 0.3) is 0 Å². The number of nitrogens with zero attached hydrogens (tertiary/aromatic N) is 1. The van der Waals surface area contributed by atoms with Crippen molar-refractivity contribution in [3.63, 3.8) is 0 Å². The van der Waals surface area contributed by atoms with Gasteiger partial charge in [0.25, 0.3) is 0 Å². The van der Waals surface area contributed by atoms with Crippen LogP contribution in [-0.2, 0) is 10.0 Å². The summed E-state index contributed by atoms with van der Waals surface area (Å²) in [7, 11) is 0.405. The van der Waals surface area contributed by atoms with E-state index in [4.69, 9.17) is 5.73 Å². The summed E-state index contributed by atoms with van der Waals surface area (Å²) in [4.78, 5) is 2.27. The van der Waals surface area contributed by atoms with E-state index in [1.165, 1.54) is 6.07 Å². The predicted molar refractivity (Wildman–Crippen MR) is 87.9 cm³/mol. The van der Waals surface area contributed by atoms with Gasteiger partial charge in [0.05, 0.1) is 4.90 Å². The lowest BCUT2D eigenvalue weighted by atomic mass is 9.93. The van der Waals surface area contributed by atoms with Crippen molar-refractivity contribution < 1.29 is 8.42 Å². The zero-order chi connectivity index (χ0) is 16.4. The quantitative estimate of drug-likeness (QED) is 0.785. The molecule has 0 saturated heterocycles. The Hall–Kier alpha value is -1.11. The average Bonchev–Trinajstić information content (AvgIpc) is 2.31. The van der Waals surface area contributed by atoms with E-state index in [9.17, 15) is 8.42 Å². The van der Waals surface area contributed by atoms with Gasteiger partial charge in [0.1, 0.15) is 0 Å². The first-order valence-corrected chi connectivity index (χ1v) is 8.44. The first-order chi connectivity index (χ1) is 9.44. The molecule has 0 spiro atoms. The zero-order valence-electron chi connectivity index (χ0n) is 13.8. The number of anilines is 1. The highest BCUT2D eigenvalue weighted by molar-refractivity contribution is 7.89. The van der Waals surface area contributed by atoms with Crippen LogP contribution in [-0.4, -0.2) is 40.5 Å². The van der Waals surface area contributed by atoms with Crippen molar-refractivity contribution in [2.24, 2.45) is 5.41 Å². The summed E-state index contributed by atoms with van der Waals surface area (Å²) in [6.07, 6.45) is 0. The van der Waals surface area contributed by atoms with Gasteiger partial charge in [-0.3, -0.25) is 0 Å². The Morgan fingerprint density at radius 2 is 1.81 bits per heavy atom. The van der Waals surface area contributed by atoms with Gasteiger partial charge >= 0.3 is 0 Å². The van der Waals surface area contributed by atoms with E-state index in [1.54, 1.807) is 6.07 Å². The normalized spacial score (nSPS) is 12.9. The van der Waals surface area contributed by atoms with Crippen molar-refractivity contribution in [2.45, 2.75) is 32.6 Å². The molecule has 0 saturated carbocycles. The van der Waals surface area contributed by atoms with Crippen LogP contribution in [0.5, 0.6) is 0 Å². The third kappa shape index (κ3) is 4.98. The average molecular weight is 313 g/mol. The molecular formula is C15H27N3O2S. The molecule has 0 unspecified atom stereocenters. The van der Waals surface area contributed by atoms with E-state index >= 15 is 0 Å². The molecule has 3 N–H and O–H groups in total. The van der Waals surface area contributed by atoms with E-state index in [0.717, 1.165) is 17.7 Å². The summed E-state index contributed by atoms with van der Waals surface area (Å²) in [5, 5.41) is 0. The third-order valence-corrected chi connectivity index (χ3v) is 4.86. The predicted octanol–water partition coefficient (Wildman–Crippen LogP) is 1.75. The van der Waals surface area contributed by atoms with Crippen LogP contribution in [0.15, 0.2) is 17.0 Å². The molecule has 120 valence electrons. The lowest BCUT2D eigenvalue weighted by Gasteiger charge is -2.28. The van der Waals surface area contributed by atoms with Crippen molar-refractivity contribution in [1.82, 2.24) is 9.62 Å². The summed E-state index contributed by atoms with van der Waals surface area (Å²) in [5.41, 5.74) is 8.02. The molecule has 0 aliphatic heterocycles. The van der Waals surface area contributed by atoms with Gasteiger partial charge in [-0.25, -0.2) is 13.1 Å². The highest BCUT2D eigenvalue weighted by Crippen LogP contribution is 2.22.